The Labute approximate surface area is 210 Å². The van der Waals surface area contributed by atoms with Crippen molar-refractivity contribution in [1.29, 1.82) is 0 Å². The highest BCUT2D eigenvalue weighted by molar-refractivity contribution is 6.42. The van der Waals surface area contributed by atoms with Crippen LogP contribution < -0.4 is 0 Å². The summed E-state index contributed by atoms with van der Waals surface area (Å²) < 4.78 is 0. The Morgan fingerprint density at radius 2 is 1.97 bits per heavy atom. The van der Waals surface area contributed by atoms with Crippen LogP contribution in [0.2, 0.25) is 10.0 Å². The van der Waals surface area contributed by atoms with E-state index in [0.29, 0.717) is 55.7 Å². The summed E-state index contributed by atoms with van der Waals surface area (Å²) in [4.78, 5) is 30.4. The highest BCUT2D eigenvalue weighted by Crippen LogP contribution is 2.30. The number of nitrogens with zero attached hydrogens (tertiary/aromatic N) is 3. The van der Waals surface area contributed by atoms with E-state index >= 15 is 0 Å². The summed E-state index contributed by atoms with van der Waals surface area (Å²) in [7, 11) is 0. The number of β-amino-alcohol motifs (C(OH)–C–C–N with tert-alkyl or cyclic N) is 2. The molecule has 2 aliphatic heterocycles. The predicted molar refractivity (Wildman–Crippen MR) is 132 cm³/mol. The zero-order valence-corrected chi connectivity index (χ0v) is 20.9. The van der Waals surface area contributed by atoms with Crippen LogP contribution >= 0.6 is 23.2 Å². The molecule has 188 valence electrons. The highest BCUT2D eigenvalue weighted by Gasteiger charge is 2.38. The molecule has 1 aromatic rings. The van der Waals surface area contributed by atoms with Crippen molar-refractivity contribution in [3.8, 4) is 0 Å². The Bertz CT molecular complexity index is 915. The largest absolute Gasteiger partial charge is 0.396 e. The number of likely N-dealkylation sites (tertiary alicyclic amines) is 1. The van der Waals surface area contributed by atoms with Crippen LogP contribution in [0.1, 0.15) is 25.3 Å². The Hall–Kier alpha value is -1.68. The van der Waals surface area contributed by atoms with Crippen LogP contribution in [0, 0.1) is 5.41 Å². The molecule has 2 heterocycles. The van der Waals surface area contributed by atoms with Crippen LogP contribution in [0.3, 0.4) is 0 Å². The molecule has 3 unspecified atom stereocenters. The lowest BCUT2D eigenvalue weighted by atomic mass is 9.78. The van der Waals surface area contributed by atoms with Crippen molar-refractivity contribution >= 4 is 41.1 Å². The van der Waals surface area contributed by atoms with Crippen molar-refractivity contribution in [3.63, 3.8) is 0 Å². The average Bonchev–Trinajstić information content (AvgIpc) is 2.98. The molecular weight excluding hydrogens is 481 g/mol. The van der Waals surface area contributed by atoms with Gasteiger partial charge in [-0.25, -0.2) is 0 Å². The summed E-state index contributed by atoms with van der Waals surface area (Å²) in [6.07, 6.45) is 2.49. The molecule has 0 radical (unpaired) electrons. The fraction of sp³-hybridized carbons (Fsp3) is 0.583. The van der Waals surface area contributed by atoms with E-state index in [9.17, 15) is 24.9 Å². The minimum Gasteiger partial charge on any atom is -0.396 e. The van der Waals surface area contributed by atoms with Gasteiger partial charge in [-0.05, 0) is 36.7 Å². The number of hydrogen-bond acceptors (Lipinski definition) is 6. The van der Waals surface area contributed by atoms with Gasteiger partial charge in [0.2, 0.25) is 11.8 Å². The fourth-order valence-electron chi connectivity index (χ4n) is 4.27. The first-order chi connectivity index (χ1) is 16.1. The van der Waals surface area contributed by atoms with Crippen molar-refractivity contribution in [3.05, 3.63) is 39.9 Å². The topological polar surface area (TPSA) is 105 Å². The minimum atomic E-state index is -0.772. The normalized spacial score (nSPS) is 25.6. The molecule has 0 aromatic heterocycles. The lowest BCUT2D eigenvalue weighted by molar-refractivity contribution is -0.132. The Kier molecular flexibility index (Phi) is 9.37. The van der Waals surface area contributed by atoms with Gasteiger partial charge in [0.05, 0.1) is 28.9 Å². The molecule has 2 amide bonds. The Balaban J connectivity index is 1.49. The van der Waals surface area contributed by atoms with Gasteiger partial charge in [-0.1, -0.05) is 36.2 Å². The standard InChI is InChI=1S/C24H33Cl2N3O5/c1-24(16-30)7-9-27(15-21(24)32)13-18(31)14-29-11-10-28(8-6-23(29)34)22(33)5-3-17-2-4-19(25)20(26)12-17/h2-5,12,18,21,30-32H,6-11,13-16H2,1H3. The molecule has 3 rings (SSSR count). The first-order valence-corrected chi connectivity index (χ1v) is 12.3. The van der Waals surface area contributed by atoms with Crippen molar-refractivity contribution in [2.75, 3.05) is 52.4 Å². The summed E-state index contributed by atoms with van der Waals surface area (Å²) in [6.45, 7) is 4.34. The number of amides is 2. The van der Waals surface area contributed by atoms with Gasteiger partial charge in [0.1, 0.15) is 0 Å². The number of piperidine rings is 1. The van der Waals surface area contributed by atoms with E-state index in [-0.39, 0.29) is 31.4 Å². The second-order valence-electron chi connectivity index (χ2n) is 9.41. The number of aliphatic hydroxyl groups is 3. The van der Waals surface area contributed by atoms with Crippen LogP contribution in [0.5, 0.6) is 0 Å². The maximum absolute atomic E-state index is 12.6. The van der Waals surface area contributed by atoms with Gasteiger partial charge >= 0.3 is 0 Å². The van der Waals surface area contributed by atoms with E-state index in [1.165, 1.54) is 6.08 Å². The molecule has 34 heavy (non-hydrogen) atoms. The van der Waals surface area contributed by atoms with Crippen molar-refractivity contribution in [2.45, 2.75) is 32.0 Å². The van der Waals surface area contributed by atoms with Crippen molar-refractivity contribution in [1.82, 2.24) is 14.7 Å². The van der Waals surface area contributed by atoms with Crippen LogP contribution in [0.4, 0.5) is 0 Å². The number of carbonyl (C=O) groups is 2. The van der Waals surface area contributed by atoms with Gasteiger partial charge in [-0.15, -0.1) is 0 Å². The zero-order chi connectivity index (χ0) is 24.9. The summed E-state index contributed by atoms with van der Waals surface area (Å²) >= 11 is 11.9. The van der Waals surface area contributed by atoms with E-state index in [0.717, 1.165) is 5.56 Å². The second kappa shape index (κ2) is 11.8. The van der Waals surface area contributed by atoms with E-state index in [4.69, 9.17) is 23.2 Å². The molecule has 0 aliphatic carbocycles. The molecule has 2 aliphatic rings. The van der Waals surface area contributed by atoms with Crippen LogP contribution in [0.25, 0.3) is 6.08 Å². The van der Waals surface area contributed by atoms with Crippen LogP contribution in [0.15, 0.2) is 24.3 Å². The number of hydrogen-bond donors (Lipinski definition) is 3. The van der Waals surface area contributed by atoms with Gasteiger partial charge in [0.15, 0.2) is 0 Å². The number of rotatable bonds is 7. The maximum Gasteiger partial charge on any atom is 0.246 e. The second-order valence-corrected chi connectivity index (χ2v) is 10.2. The number of halogens is 2. The molecule has 0 saturated carbocycles. The predicted octanol–water partition coefficient (Wildman–Crippen LogP) is 1.49. The molecule has 0 bridgehead atoms. The average molecular weight is 514 g/mol. The molecule has 1 aromatic carbocycles. The van der Waals surface area contributed by atoms with Gasteiger partial charge in [-0.2, -0.15) is 0 Å². The van der Waals surface area contributed by atoms with Crippen LogP contribution in [-0.2, 0) is 9.59 Å². The molecule has 3 atom stereocenters. The zero-order valence-electron chi connectivity index (χ0n) is 19.4. The smallest absolute Gasteiger partial charge is 0.246 e. The summed E-state index contributed by atoms with van der Waals surface area (Å²) in [6, 6.07) is 5.10. The van der Waals surface area contributed by atoms with E-state index < -0.39 is 17.6 Å². The highest BCUT2D eigenvalue weighted by atomic mass is 35.5. The molecule has 2 fully saturated rings. The molecule has 10 heteroatoms. The summed E-state index contributed by atoms with van der Waals surface area (Å²) in [5, 5.41) is 31.3. The van der Waals surface area contributed by atoms with Gasteiger partial charge < -0.3 is 25.1 Å². The third-order valence-corrected chi connectivity index (χ3v) is 7.50. The van der Waals surface area contributed by atoms with Gasteiger partial charge in [0, 0.05) is 57.2 Å². The lowest BCUT2D eigenvalue weighted by Crippen LogP contribution is -2.53. The first-order valence-electron chi connectivity index (χ1n) is 11.5. The molecule has 0 spiro atoms. The number of benzene rings is 1. The lowest BCUT2D eigenvalue weighted by Gasteiger charge is -2.43. The maximum atomic E-state index is 12.6. The van der Waals surface area contributed by atoms with Crippen molar-refractivity contribution in [2.24, 2.45) is 5.41 Å². The Morgan fingerprint density at radius 1 is 1.21 bits per heavy atom. The van der Waals surface area contributed by atoms with Gasteiger partial charge in [0.25, 0.3) is 0 Å². The summed E-state index contributed by atoms with van der Waals surface area (Å²) in [5.74, 6) is -0.301. The number of carbonyl (C=O) groups excluding carboxylic acids is 2. The summed E-state index contributed by atoms with van der Waals surface area (Å²) in [5.41, 5.74) is 0.229. The molecule has 8 nitrogen and oxygen atoms in total. The molecule has 2 saturated heterocycles. The Morgan fingerprint density at radius 3 is 2.65 bits per heavy atom. The first kappa shape index (κ1) is 26.9. The SMILES string of the molecule is CC1(CO)CCN(CC(O)CN2CCN(C(=O)C=Cc3ccc(Cl)c(Cl)c3)CCC2=O)CC1O. The monoisotopic (exact) mass is 513 g/mol. The third-order valence-electron chi connectivity index (χ3n) is 6.76. The van der Waals surface area contributed by atoms with Gasteiger partial charge in [-0.3, -0.25) is 14.5 Å². The number of aliphatic hydroxyl groups excluding tert-OH is 3. The molecular formula is C24H33Cl2N3O5. The minimum absolute atomic E-state index is 0.0787. The van der Waals surface area contributed by atoms with E-state index in [2.05, 4.69) is 0 Å². The van der Waals surface area contributed by atoms with E-state index in [1.807, 2.05) is 11.8 Å². The fourth-order valence-corrected chi connectivity index (χ4v) is 4.57. The third kappa shape index (κ3) is 6.93. The van der Waals surface area contributed by atoms with Crippen molar-refractivity contribution < 1.29 is 24.9 Å². The quantitative estimate of drug-likeness (QED) is 0.477. The van der Waals surface area contributed by atoms with Crippen LogP contribution in [-0.4, -0.2) is 106 Å². The van der Waals surface area contributed by atoms with E-state index in [1.54, 1.807) is 34.1 Å². The molecule has 3 N–H and O–H groups in total.